The maximum atomic E-state index is 11.7. The van der Waals surface area contributed by atoms with Crippen molar-refractivity contribution in [2.75, 3.05) is 25.1 Å². The number of nitrogens with zero attached hydrogens (tertiary/aromatic N) is 1. The molecule has 1 N–H and O–H groups in total. The first-order valence-corrected chi connectivity index (χ1v) is 4.71. The first kappa shape index (κ1) is 11.8. The molecule has 5 heteroatoms. The zero-order chi connectivity index (χ0) is 11.1. The molecule has 3 nitrogen and oxygen atoms in total. The standard InChI is InChI=1S/C10H14F2N2O/c1-8-2-3-13-10(6-8)14-4-5-15-7-9(11)12/h2-3,6,9H,4-5,7H2,1H3,(H,13,14). The third kappa shape index (κ3) is 5.27. The van der Waals surface area contributed by atoms with Gasteiger partial charge in [-0.05, 0) is 24.6 Å². The highest BCUT2D eigenvalue weighted by Gasteiger charge is 2.00. The molecule has 0 spiro atoms. The topological polar surface area (TPSA) is 34.2 Å². The molecule has 0 amide bonds. The van der Waals surface area contributed by atoms with Crippen LogP contribution in [-0.4, -0.2) is 31.2 Å². The van der Waals surface area contributed by atoms with Crippen LogP contribution >= 0.6 is 0 Å². The minimum absolute atomic E-state index is 0.250. The van der Waals surface area contributed by atoms with Crippen LogP contribution in [0, 0.1) is 6.92 Å². The van der Waals surface area contributed by atoms with Crippen molar-refractivity contribution in [3.63, 3.8) is 0 Å². The molecule has 0 atom stereocenters. The lowest BCUT2D eigenvalue weighted by molar-refractivity contribution is 0.0215. The molecule has 0 aliphatic heterocycles. The average molecular weight is 216 g/mol. The Kier molecular flexibility index (Phi) is 4.97. The van der Waals surface area contributed by atoms with E-state index in [0.29, 0.717) is 6.54 Å². The Balaban J connectivity index is 2.15. The van der Waals surface area contributed by atoms with E-state index in [1.54, 1.807) is 6.20 Å². The van der Waals surface area contributed by atoms with Crippen molar-refractivity contribution >= 4 is 5.82 Å². The molecule has 0 bridgehead atoms. The molecule has 84 valence electrons. The SMILES string of the molecule is Cc1ccnc(NCCOCC(F)F)c1. The van der Waals surface area contributed by atoms with Crippen LogP contribution in [0.3, 0.4) is 0 Å². The van der Waals surface area contributed by atoms with Crippen LogP contribution in [-0.2, 0) is 4.74 Å². The Morgan fingerprint density at radius 1 is 1.53 bits per heavy atom. The van der Waals surface area contributed by atoms with Crippen molar-refractivity contribution in [3.8, 4) is 0 Å². The number of nitrogens with one attached hydrogen (secondary N) is 1. The van der Waals surface area contributed by atoms with E-state index >= 15 is 0 Å². The molecule has 1 aromatic rings. The molecular formula is C10H14F2N2O. The van der Waals surface area contributed by atoms with Gasteiger partial charge in [0.1, 0.15) is 12.4 Å². The normalized spacial score (nSPS) is 10.7. The largest absolute Gasteiger partial charge is 0.374 e. The summed E-state index contributed by atoms with van der Waals surface area (Å²) in [5.74, 6) is 0.732. The van der Waals surface area contributed by atoms with Gasteiger partial charge in [0.25, 0.3) is 6.43 Å². The second-order valence-corrected chi connectivity index (χ2v) is 3.11. The molecule has 0 saturated heterocycles. The Morgan fingerprint density at radius 3 is 3.00 bits per heavy atom. The van der Waals surface area contributed by atoms with Gasteiger partial charge in [0, 0.05) is 12.7 Å². The summed E-state index contributed by atoms with van der Waals surface area (Å²) in [6, 6.07) is 3.77. The zero-order valence-electron chi connectivity index (χ0n) is 8.54. The highest BCUT2D eigenvalue weighted by Crippen LogP contribution is 2.04. The summed E-state index contributed by atoms with van der Waals surface area (Å²) in [5, 5.41) is 2.98. The van der Waals surface area contributed by atoms with Gasteiger partial charge in [0.15, 0.2) is 0 Å². The number of anilines is 1. The molecule has 1 rings (SSSR count). The number of aromatic nitrogens is 1. The Bertz CT molecular complexity index is 295. The lowest BCUT2D eigenvalue weighted by Crippen LogP contribution is -2.13. The second kappa shape index (κ2) is 6.29. The van der Waals surface area contributed by atoms with Crippen molar-refractivity contribution in [1.82, 2.24) is 4.98 Å². The van der Waals surface area contributed by atoms with Crippen molar-refractivity contribution in [2.24, 2.45) is 0 Å². The predicted molar refractivity (Wildman–Crippen MR) is 54.3 cm³/mol. The quantitative estimate of drug-likeness (QED) is 0.739. The van der Waals surface area contributed by atoms with Crippen molar-refractivity contribution in [2.45, 2.75) is 13.3 Å². The molecular weight excluding hydrogens is 202 g/mol. The molecule has 0 radical (unpaired) electrons. The Morgan fingerprint density at radius 2 is 2.33 bits per heavy atom. The van der Waals surface area contributed by atoms with E-state index in [1.807, 2.05) is 19.1 Å². The molecule has 0 saturated carbocycles. The Labute approximate surface area is 87.5 Å². The Hall–Kier alpha value is -1.23. The molecule has 15 heavy (non-hydrogen) atoms. The number of ether oxygens (including phenoxy) is 1. The fourth-order valence-electron chi connectivity index (χ4n) is 1.06. The zero-order valence-corrected chi connectivity index (χ0v) is 8.54. The van der Waals surface area contributed by atoms with Crippen LogP contribution in [0.4, 0.5) is 14.6 Å². The van der Waals surface area contributed by atoms with Gasteiger partial charge in [-0.25, -0.2) is 13.8 Å². The van der Waals surface area contributed by atoms with Crippen molar-refractivity contribution in [3.05, 3.63) is 23.9 Å². The van der Waals surface area contributed by atoms with Gasteiger partial charge in [-0.3, -0.25) is 0 Å². The van der Waals surface area contributed by atoms with Crippen LogP contribution in [0.5, 0.6) is 0 Å². The van der Waals surface area contributed by atoms with E-state index in [2.05, 4.69) is 10.3 Å². The maximum Gasteiger partial charge on any atom is 0.261 e. The number of hydrogen-bond donors (Lipinski definition) is 1. The smallest absolute Gasteiger partial charge is 0.261 e. The van der Waals surface area contributed by atoms with Gasteiger partial charge in [-0.2, -0.15) is 0 Å². The van der Waals surface area contributed by atoms with Crippen LogP contribution in [0.2, 0.25) is 0 Å². The number of halogens is 2. The number of pyridine rings is 1. The maximum absolute atomic E-state index is 11.7. The summed E-state index contributed by atoms with van der Waals surface area (Å²) >= 11 is 0. The fourth-order valence-corrected chi connectivity index (χ4v) is 1.06. The van der Waals surface area contributed by atoms with Gasteiger partial charge in [-0.15, -0.1) is 0 Å². The van der Waals surface area contributed by atoms with Gasteiger partial charge < -0.3 is 10.1 Å². The molecule has 1 heterocycles. The van der Waals surface area contributed by atoms with Crippen molar-refractivity contribution in [1.29, 1.82) is 0 Å². The van der Waals surface area contributed by atoms with Crippen LogP contribution in [0.25, 0.3) is 0 Å². The lowest BCUT2D eigenvalue weighted by Gasteiger charge is -2.06. The summed E-state index contributed by atoms with van der Waals surface area (Å²) in [6.45, 7) is 2.17. The molecule has 0 fully saturated rings. The van der Waals surface area contributed by atoms with E-state index in [0.717, 1.165) is 11.4 Å². The van der Waals surface area contributed by atoms with Gasteiger partial charge >= 0.3 is 0 Å². The number of rotatable bonds is 6. The molecule has 0 aliphatic rings. The first-order valence-electron chi connectivity index (χ1n) is 4.71. The third-order valence-electron chi connectivity index (χ3n) is 1.71. The second-order valence-electron chi connectivity index (χ2n) is 3.11. The minimum atomic E-state index is -2.40. The third-order valence-corrected chi connectivity index (χ3v) is 1.71. The van der Waals surface area contributed by atoms with E-state index < -0.39 is 13.0 Å². The number of aryl methyl sites for hydroxylation is 1. The summed E-state index contributed by atoms with van der Waals surface area (Å²) in [5.41, 5.74) is 1.10. The summed E-state index contributed by atoms with van der Waals surface area (Å²) in [7, 11) is 0. The highest BCUT2D eigenvalue weighted by molar-refractivity contribution is 5.36. The van der Waals surface area contributed by atoms with Crippen LogP contribution in [0.15, 0.2) is 18.3 Å². The van der Waals surface area contributed by atoms with Gasteiger partial charge in [0.2, 0.25) is 0 Å². The molecule has 1 aromatic heterocycles. The molecule has 0 unspecified atom stereocenters. The van der Waals surface area contributed by atoms with E-state index in [9.17, 15) is 8.78 Å². The monoisotopic (exact) mass is 216 g/mol. The summed E-state index contributed by atoms with van der Waals surface area (Å²) in [4.78, 5) is 4.06. The van der Waals surface area contributed by atoms with Gasteiger partial charge in [0.05, 0.1) is 6.61 Å². The average Bonchev–Trinajstić information content (AvgIpc) is 2.17. The minimum Gasteiger partial charge on any atom is -0.374 e. The summed E-state index contributed by atoms with van der Waals surface area (Å²) in [6.07, 6.45) is -0.709. The molecule has 0 aromatic carbocycles. The van der Waals surface area contributed by atoms with Crippen molar-refractivity contribution < 1.29 is 13.5 Å². The lowest BCUT2D eigenvalue weighted by atomic mass is 10.3. The van der Waals surface area contributed by atoms with E-state index in [4.69, 9.17) is 4.74 Å². The fraction of sp³-hybridized carbons (Fsp3) is 0.500. The van der Waals surface area contributed by atoms with Gasteiger partial charge in [-0.1, -0.05) is 0 Å². The van der Waals surface area contributed by atoms with E-state index in [1.165, 1.54) is 0 Å². The first-order chi connectivity index (χ1) is 7.18. The summed E-state index contributed by atoms with van der Waals surface area (Å²) < 4.78 is 28.1. The number of alkyl halides is 2. The highest BCUT2D eigenvalue weighted by atomic mass is 19.3. The number of hydrogen-bond acceptors (Lipinski definition) is 3. The molecule has 0 aliphatic carbocycles. The van der Waals surface area contributed by atoms with Crippen LogP contribution < -0.4 is 5.32 Å². The van der Waals surface area contributed by atoms with Crippen LogP contribution in [0.1, 0.15) is 5.56 Å². The predicted octanol–water partition coefficient (Wildman–Crippen LogP) is 2.08. The van der Waals surface area contributed by atoms with E-state index in [-0.39, 0.29) is 6.61 Å².